The lowest BCUT2D eigenvalue weighted by Crippen LogP contribution is -2.34. The average molecular weight is 405 g/mol. The van der Waals surface area contributed by atoms with Crippen molar-refractivity contribution in [1.29, 1.82) is 0 Å². The van der Waals surface area contributed by atoms with Crippen molar-refractivity contribution in [3.63, 3.8) is 0 Å². The molecule has 0 unspecified atom stereocenters. The van der Waals surface area contributed by atoms with Crippen molar-refractivity contribution in [2.24, 2.45) is 0 Å². The summed E-state index contributed by atoms with van der Waals surface area (Å²) in [6.45, 7) is -0.106. The highest BCUT2D eigenvalue weighted by Gasteiger charge is 2.19. The van der Waals surface area contributed by atoms with Gasteiger partial charge in [-0.1, -0.05) is 18.2 Å². The third kappa shape index (κ3) is 5.49. The molecular weight excluding hydrogens is 383 g/mol. The standard InChI is InChI=1S/C20H21FN2O2S2/c1-23(13-18(24)22-17-5-2-4-16(21)12-17)19(25)14-6-8-15(9-7-14)20-26-10-3-11-27-20/h2,4-9,12,20H,3,10-11,13H2,1H3,(H,22,24). The number of hydrogen-bond donors (Lipinski definition) is 1. The molecule has 1 saturated heterocycles. The van der Waals surface area contributed by atoms with E-state index < -0.39 is 5.82 Å². The van der Waals surface area contributed by atoms with E-state index in [-0.39, 0.29) is 18.4 Å². The normalized spacial score (nSPS) is 14.6. The molecule has 0 atom stereocenters. The Hall–Kier alpha value is -1.99. The van der Waals surface area contributed by atoms with Crippen molar-refractivity contribution in [3.05, 3.63) is 65.5 Å². The maximum Gasteiger partial charge on any atom is 0.254 e. The first-order chi connectivity index (χ1) is 13.0. The molecule has 1 heterocycles. The van der Waals surface area contributed by atoms with E-state index >= 15 is 0 Å². The first-order valence-corrected chi connectivity index (χ1v) is 10.8. The summed E-state index contributed by atoms with van der Waals surface area (Å²) in [5.74, 6) is 1.32. The van der Waals surface area contributed by atoms with Gasteiger partial charge in [0.25, 0.3) is 5.91 Å². The monoisotopic (exact) mass is 404 g/mol. The Morgan fingerprint density at radius 3 is 2.52 bits per heavy atom. The van der Waals surface area contributed by atoms with Crippen molar-refractivity contribution in [1.82, 2.24) is 4.90 Å². The molecule has 7 heteroatoms. The van der Waals surface area contributed by atoms with Gasteiger partial charge in [-0.25, -0.2) is 4.39 Å². The summed E-state index contributed by atoms with van der Waals surface area (Å²) in [5, 5.41) is 2.59. The summed E-state index contributed by atoms with van der Waals surface area (Å²) in [7, 11) is 1.58. The molecule has 27 heavy (non-hydrogen) atoms. The Kier molecular flexibility index (Phi) is 6.79. The molecule has 0 aromatic heterocycles. The fraction of sp³-hybridized carbons (Fsp3) is 0.300. The maximum absolute atomic E-state index is 13.2. The van der Waals surface area contributed by atoms with Crippen molar-refractivity contribution >= 4 is 41.0 Å². The summed E-state index contributed by atoms with van der Waals surface area (Å²) >= 11 is 3.87. The number of anilines is 1. The van der Waals surface area contributed by atoms with Gasteiger partial charge in [0.05, 0.1) is 11.1 Å². The first kappa shape index (κ1) is 19.8. The first-order valence-electron chi connectivity index (χ1n) is 8.67. The molecule has 2 amide bonds. The molecule has 0 aliphatic carbocycles. The van der Waals surface area contributed by atoms with Gasteiger partial charge in [0.15, 0.2) is 0 Å². The van der Waals surface area contributed by atoms with Crippen LogP contribution in [0, 0.1) is 5.82 Å². The third-order valence-corrected chi connectivity index (χ3v) is 7.11. The number of amides is 2. The molecule has 1 aliphatic rings. The van der Waals surface area contributed by atoms with Crippen LogP contribution in [0.2, 0.25) is 0 Å². The molecule has 2 aromatic carbocycles. The second kappa shape index (κ2) is 9.28. The van der Waals surface area contributed by atoms with E-state index in [0.717, 1.165) is 0 Å². The van der Waals surface area contributed by atoms with Gasteiger partial charge in [0.2, 0.25) is 5.91 Å². The van der Waals surface area contributed by atoms with Gasteiger partial charge in [0.1, 0.15) is 5.82 Å². The fourth-order valence-corrected chi connectivity index (χ4v) is 5.63. The highest BCUT2D eigenvalue weighted by molar-refractivity contribution is 8.16. The molecule has 2 aromatic rings. The van der Waals surface area contributed by atoms with Crippen molar-refractivity contribution in [3.8, 4) is 0 Å². The quantitative estimate of drug-likeness (QED) is 0.802. The van der Waals surface area contributed by atoms with E-state index in [1.165, 1.54) is 46.6 Å². The molecule has 0 bridgehead atoms. The zero-order chi connectivity index (χ0) is 19.2. The molecule has 4 nitrogen and oxygen atoms in total. The van der Waals surface area contributed by atoms with E-state index in [2.05, 4.69) is 5.32 Å². The Bertz CT molecular complexity index is 808. The Labute approximate surface area is 166 Å². The Morgan fingerprint density at radius 2 is 1.85 bits per heavy atom. The lowest BCUT2D eigenvalue weighted by molar-refractivity contribution is -0.116. The zero-order valence-electron chi connectivity index (χ0n) is 15.0. The smallest absolute Gasteiger partial charge is 0.254 e. The molecule has 142 valence electrons. The number of hydrogen-bond acceptors (Lipinski definition) is 4. The molecule has 0 saturated carbocycles. The lowest BCUT2D eigenvalue weighted by atomic mass is 10.1. The number of benzene rings is 2. The average Bonchev–Trinajstić information content (AvgIpc) is 2.68. The summed E-state index contributed by atoms with van der Waals surface area (Å²) in [4.78, 5) is 26.0. The van der Waals surface area contributed by atoms with Crippen LogP contribution >= 0.6 is 23.5 Å². The number of carbonyl (C=O) groups excluding carboxylic acids is 2. The van der Waals surface area contributed by atoms with Crippen LogP contribution < -0.4 is 5.32 Å². The minimum atomic E-state index is -0.424. The van der Waals surface area contributed by atoms with Gasteiger partial charge >= 0.3 is 0 Å². The maximum atomic E-state index is 13.2. The number of rotatable bonds is 5. The van der Waals surface area contributed by atoms with Crippen molar-refractivity contribution < 1.29 is 14.0 Å². The second-order valence-electron chi connectivity index (χ2n) is 6.27. The van der Waals surface area contributed by atoms with Crippen LogP contribution in [-0.2, 0) is 4.79 Å². The molecule has 3 rings (SSSR count). The van der Waals surface area contributed by atoms with Gasteiger partial charge in [-0.15, -0.1) is 23.5 Å². The number of likely N-dealkylation sites (N-methyl/N-ethyl adjacent to an activating group) is 1. The highest BCUT2D eigenvalue weighted by Crippen LogP contribution is 2.43. The highest BCUT2D eigenvalue weighted by atomic mass is 32.2. The van der Waals surface area contributed by atoms with Gasteiger partial charge in [-0.05, 0) is 53.8 Å². The summed E-state index contributed by atoms with van der Waals surface area (Å²) in [5.41, 5.74) is 2.13. The molecular formula is C20H21FN2O2S2. The number of thioether (sulfide) groups is 2. The van der Waals surface area contributed by atoms with Crippen LogP contribution in [0.1, 0.15) is 26.9 Å². The van der Waals surface area contributed by atoms with Crippen LogP contribution in [-0.4, -0.2) is 41.8 Å². The fourth-order valence-electron chi connectivity index (χ4n) is 2.74. The number of carbonyl (C=O) groups is 2. The molecule has 1 N–H and O–H groups in total. The number of nitrogens with zero attached hydrogens (tertiary/aromatic N) is 1. The van der Waals surface area contributed by atoms with Crippen LogP contribution in [0.5, 0.6) is 0 Å². The largest absolute Gasteiger partial charge is 0.332 e. The van der Waals surface area contributed by atoms with Gasteiger partial charge in [0, 0.05) is 18.3 Å². The van der Waals surface area contributed by atoms with Crippen LogP contribution in [0.15, 0.2) is 48.5 Å². The third-order valence-electron chi connectivity index (χ3n) is 4.09. The predicted octanol–water partition coefficient (Wildman–Crippen LogP) is 4.41. The summed E-state index contributed by atoms with van der Waals surface area (Å²) < 4.78 is 13.6. The van der Waals surface area contributed by atoms with Gasteiger partial charge < -0.3 is 10.2 Å². The van der Waals surface area contributed by atoms with Gasteiger partial charge in [-0.2, -0.15) is 0 Å². The Morgan fingerprint density at radius 1 is 1.15 bits per heavy atom. The summed E-state index contributed by atoms with van der Waals surface area (Å²) in [6, 6.07) is 13.3. The molecule has 1 aliphatic heterocycles. The van der Waals surface area contributed by atoms with Crippen molar-refractivity contribution in [2.45, 2.75) is 11.0 Å². The van der Waals surface area contributed by atoms with Crippen molar-refractivity contribution in [2.75, 3.05) is 30.4 Å². The molecule has 1 fully saturated rings. The van der Waals surface area contributed by atoms with E-state index in [9.17, 15) is 14.0 Å². The van der Waals surface area contributed by atoms with Gasteiger partial charge in [-0.3, -0.25) is 9.59 Å². The number of halogens is 1. The van der Waals surface area contributed by atoms with Crippen LogP contribution in [0.3, 0.4) is 0 Å². The van der Waals surface area contributed by atoms with E-state index in [4.69, 9.17) is 0 Å². The van der Waals surface area contributed by atoms with Crippen LogP contribution in [0.4, 0.5) is 10.1 Å². The number of nitrogens with one attached hydrogen (secondary N) is 1. The minimum absolute atomic E-state index is 0.106. The van der Waals surface area contributed by atoms with E-state index in [1.54, 1.807) is 13.1 Å². The topological polar surface area (TPSA) is 49.4 Å². The molecule has 0 radical (unpaired) electrons. The molecule has 0 spiro atoms. The SMILES string of the molecule is CN(CC(=O)Nc1cccc(F)c1)C(=O)c1ccc(C2SCCCS2)cc1. The van der Waals surface area contributed by atoms with E-state index in [0.29, 0.717) is 15.8 Å². The minimum Gasteiger partial charge on any atom is -0.332 e. The van der Waals surface area contributed by atoms with Crippen LogP contribution in [0.25, 0.3) is 0 Å². The predicted molar refractivity (Wildman–Crippen MR) is 111 cm³/mol. The second-order valence-corrected chi connectivity index (χ2v) is 8.99. The van der Waals surface area contributed by atoms with E-state index in [1.807, 2.05) is 47.8 Å². The Balaban J connectivity index is 1.57. The summed E-state index contributed by atoms with van der Waals surface area (Å²) in [6.07, 6.45) is 1.24. The zero-order valence-corrected chi connectivity index (χ0v) is 16.6. The lowest BCUT2D eigenvalue weighted by Gasteiger charge is -2.21.